The molecule has 0 spiro atoms. The molecule has 110 valence electrons. The Kier molecular flexibility index (Phi) is 4.50. The molecule has 2 aromatic rings. The number of pyridine rings is 1. The quantitative estimate of drug-likeness (QED) is 0.770. The summed E-state index contributed by atoms with van der Waals surface area (Å²) in [5, 5.41) is 13.8. The summed E-state index contributed by atoms with van der Waals surface area (Å²) in [5.41, 5.74) is 0.298. The van der Waals surface area contributed by atoms with Crippen molar-refractivity contribution in [2.75, 3.05) is 5.32 Å². The molecule has 0 saturated carbocycles. The van der Waals surface area contributed by atoms with Gasteiger partial charge in [0.2, 0.25) is 5.89 Å². The Morgan fingerprint density at radius 1 is 1.29 bits per heavy atom. The highest BCUT2D eigenvalue weighted by Crippen LogP contribution is 2.07. The van der Waals surface area contributed by atoms with Crippen LogP contribution in [0.5, 0.6) is 0 Å². The lowest BCUT2D eigenvalue weighted by atomic mass is 10.3. The van der Waals surface area contributed by atoms with Crippen molar-refractivity contribution in [2.45, 2.75) is 19.9 Å². The molecule has 2 amide bonds. The smallest absolute Gasteiger partial charge is 0.354 e. The van der Waals surface area contributed by atoms with E-state index in [0.717, 1.165) is 12.2 Å². The lowest BCUT2D eigenvalue weighted by molar-refractivity contribution is 0.0690. The topological polar surface area (TPSA) is 117 Å². The second-order valence-electron chi connectivity index (χ2n) is 4.12. The summed E-state index contributed by atoms with van der Waals surface area (Å²) in [6, 6.07) is 2.30. The number of nitrogens with one attached hydrogen (secondary N) is 2. The van der Waals surface area contributed by atoms with Gasteiger partial charge in [0.05, 0.1) is 24.6 Å². The van der Waals surface area contributed by atoms with Crippen molar-refractivity contribution in [1.82, 2.24) is 15.3 Å². The number of rotatable bonds is 5. The summed E-state index contributed by atoms with van der Waals surface area (Å²) in [6.07, 6.45) is 3.62. The fraction of sp³-hybridized carbons (Fsp3) is 0.231. The van der Waals surface area contributed by atoms with Gasteiger partial charge in [-0.25, -0.2) is 19.6 Å². The van der Waals surface area contributed by atoms with Crippen molar-refractivity contribution in [1.29, 1.82) is 0 Å². The molecule has 2 rings (SSSR count). The monoisotopic (exact) mass is 290 g/mol. The molecule has 0 aromatic carbocycles. The minimum absolute atomic E-state index is 0.0900. The number of hydrogen-bond acceptors (Lipinski definition) is 5. The molecule has 3 N–H and O–H groups in total. The number of carbonyl (C=O) groups excluding carboxylic acids is 1. The van der Waals surface area contributed by atoms with E-state index < -0.39 is 12.0 Å². The van der Waals surface area contributed by atoms with Crippen LogP contribution in [0.1, 0.15) is 29.1 Å². The highest BCUT2D eigenvalue weighted by atomic mass is 16.4. The molecule has 0 unspecified atom stereocenters. The molecule has 8 heteroatoms. The first-order chi connectivity index (χ1) is 10.1. The van der Waals surface area contributed by atoms with E-state index in [1.54, 1.807) is 6.20 Å². The van der Waals surface area contributed by atoms with Gasteiger partial charge in [0, 0.05) is 6.42 Å². The number of carboxylic acid groups (broad SMARTS) is 1. The molecule has 2 aromatic heterocycles. The van der Waals surface area contributed by atoms with Gasteiger partial charge in [-0.05, 0) is 12.1 Å². The Labute approximate surface area is 120 Å². The van der Waals surface area contributed by atoms with Crippen LogP contribution in [0.15, 0.2) is 28.9 Å². The second kappa shape index (κ2) is 6.51. The molecule has 0 atom stereocenters. The minimum Gasteiger partial charge on any atom is -0.477 e. The van der Waals surface area contributed by atoms with Gasteiger partial charge in [-0.15, -0.1) is 0 Å². The van der Waals surface area contributed by atoms with E-state index in [0.29, 0.717) is 11.6 Å². The van der Waals surface area contributed by atoms with Gasteiger partial charge in [-0.3, -0.25) is 0 Å². The van der Waals surface area contributed by atoms with Gasteiger partial charge in [-0.1, -0.05) is 6.92 Å². The highest BCUT2D eigenvalue weighted by molar-refractivity contribution is 5.90. The molecule has 0 radical (unpaired) electrons. The van der Waals surface area contributed by atoms with Crippen molar-refractivity contribution in [3.05, 3.63) is 41.9 Å². The van der Waals surface area contributed by atoms with E-state index in [9.17, 15) is 9.59 Å². The molecule has 0 aliphatic heterocycles. The third-order valence-electron chi connectivity index (χ3n) is 2.59. The van der Waals surface area contributed by atoms with Crippen molar-refractivity contribution < 1.29 is 19.1 Å². The number of urea groups is 1. The second-order valence-corrected chi connectivity index (χ2v) is 4.12. The van der Waals surface area contributed by atoms with Crippen LogP contribution in [-0.2, 0) is 13.0 Å². The highest BCUT2D eigenvalue weighted by Gasteiger charge is 2.07. The first-order valence-electron chi connectivity index (χ1n) is 6.26. The van der Waals surface area contributed by atoms with Crippen LogP contribution in [0.25, 0.3) is 0 Å². The van der Waals surface area contributed by atoms with Crippen LogP contribution < -0.4 is 10.6 Å². The number of carbonyl (C=O) groups is 2. The number of nitrogens with zero attached hydrogens (tertiary/aromatic N) is 2. The summed E-state index contributed by atoms with van der Waals surface area (Å²) in [6.45, 7) is 2.10. The van der Waals surface area contributed by atoms with Gasteiger partial charge in [0.1, 0.15) is 11.5 Å². The number of carboxylic acids is 1. The molecule has 0 aliphatic carbocycles. The predicted octanol–water partition coefficient (Wildman–Crippen LogP) is 1.65. The Bertz CT molecular complexity index is 636. The van der Waals surface area contributed by atoms with E-state index in [-0.39, 0.29) is 12.2 Å². The molecular formula is C13H14N4O4. The molecule has 2 heterocycles. The number of anilines is 1. The maximum absolute atomic E-state index is 11.6. The minimum atomic E-state index is -1.12. The van der Waals surface area contributed by atoms with Gasteiger partial charge in [0.25, 0.3) is 0 Å². The molecule has 0 fully saturated rings. The van der Waals surface area contributed by atoms with Crippen LogP contribution in [0, 0.1) is 0 Å². The standard InChI is InChI=1S/C13H14N4O4/c1-2-9-6-15-11(21-9)7-16-13(20)17-8-3-4-10(12(18)19)14-5-8/h3-6H,2,7H2,1H3,(H,18,19)(H2,16,17,20). The maximum atomic E-state index is 11.6. The molecule has 8 nitrogen and oxygen atoms in total. The average Bonchev–Trinajstić information content (AvgIpc) is 2.94. The summed E-state index contributed by atoms with van der Waals surface area (Å²) in [7, 11) is 0. The van der Waals surface area contributed by atoms with Gasteiger partial charge in [-0.2, -0.15) is 0 Å². The Hall–Kier alpha value is -2.90. The van der Waals surface area contributed by atoms with Gasteiger partial charge in [0.15, 0.2) is 0 Å². The van der Waals surface area contributed by atoms with E-state index >= 15 is 0 Å². The van der Waals surface area contributed by atoms with E-state index in [1.165, 1.54) is 18.3 Å². The van der Waals surface area contributed by atoms with Crippen LogP contribution in [0.3, 0.4) is 0 Å². The van der Waals surface area contributed by atoms with Crippen LogP contribution in [-0.4, -0.2) is 27.1 Å². The van der Waals surface area contributed by atoms with Crippen molar-refractivity contribution in [3.63, 3.8) is 0 Å². The summed E-state index contributed by atoms with van der Waals surface area (Å²) in [5.74, 6) is 0.0450. The van der Waals surface area contributed by atoms with Crippen LogP contribution in [0.4, 0.5) is 10.5 Å². The number of amides is 2. The summed E-state index contributed by atoms with van der Waals surface area (Å²) < 4.78 is 5.34. The normalized spacial score (nSPS) is 10.1. The zero-order valence-electron chi connectivity index (χ0n) is 11.3. The molecular weight excluding hydrogens is 276 g/mol. The Balaban J connectivity index is 1.85. The largest absolute Gasteiger partial charge is 0.477 e. The first kappa shape index (κ1) is 14.5. The van der Waals surface area contributed by atoms with Crippen molar-refractivity contribution in [2.24, 2.45) is 0 Å². The van der Waals surface area contributed by atoms with Crippen LogP contribution in [0.2, 0.25) is 0 Å². The molecule has 0 aliphatic rings. The van der Waals surface area contributed by atoms with Crippen molar-refractivity contribution >= 4 is 17.7 Å². The zero-order valence-corrected chi connectivity index (χ0v) is 11.3. The molecule has 0 bridgehead atoms. The van der Waals surface area contributed by atoms with Crippen molar-refractivity contribution in [3.8, 4) is 0 Å². The fourth-order valence-corrected chi connectivity index (χ4v) is 1.52. The Morgan fingerprint density at radius 3 is 2.67 bits per heavy atom. The lowest BCUT2D eigenvalue weighted by Gasteiger charge is -2.05. The van der Waals surface area contributed by atoms with E-state index in [2.05, 4.69) is 20.6 Å². The third kappa shape index (κ3) is 4.03. The fourth-order valence-electron chi connectivity index (χ4n) is 1.52. The van der Waals surface area contributed by atoms with E-state index in [1.807, 2.05) is 6.92 Å². The zero-order chi connectivity index (χ0) is 15.2. The average molecular weight is 290 g/mol. The lowest BCUT2D eigenvalue weighted by Crippen LogP contribution is -2.28. The Morgan fingerprint density at radius 2 is 2.10 bits per heavy atom. The number of oxazole rings is 1. The van der Waals surface area contributed by atoms with Gasteiger partial charge >= 0.3 is 12.0 Å². The molecule has 0 saturated heterocycles. The first-order valence-corrected chi connectivity index (χ1v) is 6.26. The number of hydrogen-bond donors (Lipinski definition) is 3. The maximum Gasteiger partial charge on any atom is 0.354 e. The number of aromatic nitrogens is 2. The molecule has 21 heavy (non-hydrogen) atoms. The van der Waals surface area contributed by atoms with Crippen LogP contribution >= 0.6 is 0 Å². The SMILES string of the molecule is CCc1cnc(CNC(=O)Nc2ccc(C(=O)O)nc2)o1. The predicted molar refractivity (Wildman–Crippen MR) is 72.9 cm³/mol. The van der Waals surface area contributed by atoms with Gasteiger partial charge < -0.3 is 20.2 Å². The summed E-state index contributed by atoms with van der Waals surface area (Å²) in [4.78, 5) is 30.0. The number of aromatic carboxylic acids is 1. The summed E-state index contributed by atoms with van der Waals surface area (Å²) >= 11 is 0. The number of aryl methyl sites for hydroxylation is 1. The third-order valence-corrected chi connectivity index (χ3v) is 2.59. The van der Waals surface area contributed by atoms with E-state index in [4.69, 9.17) is 9.52 Å².